The zero-order valence-electron chi connectivity index (χ0n) is 16.0. The lowest BCUT2D eigenvalue weighted by Crippen LogP contribution is -2.62. The van der Waals surface area contributed by atoms with Crippen LogP contribution in [-0.4, -0.2) is 60.3 Å². The molecule has 0 aromatic heterocycles. The van der Waals surface area contributed by atoms with E-state index in [0.29, 0.717) is 0 Å². The second-order valence-electron chi connectivity index (χ2n) is 5.54. The Morgan fingerprint density at radius 3 is 1.26 bits per heavy atom. The van der Waals surface area contributed by atoms with Crippen molar-refractivity contribution in [2.45, 2.75) is 57.0 Å². The summed E-state index contributed by atoms with van der Waals surface area (Å²) in [6.45, 7) is 2.22. The van der Waals surface area contributed by atoms with Crippen molar-refractivity contribution in [2.75, 3.05) is 42.7 Å². The lowest BCUT2D eigenvalue weighted by atomic mass is 10.1. The molecule has 0 rings (SSSR count). The molecule has 0 saturated heterocycles. The van der Waals surface area contributed by atoms with Gasteiger partial charge in [0.15, 0.2) is 0 Å². The Morgan fingerprint density at radius 2 is 0.913 bits per heavy atom. The number of hydrogen-bond acceptors (Lipinski definition) is 6. The van der Waals surface area contributed by atoms with Crippen LogP contribution in [-0.2, 0) is 26.6 Å². The first-order chi connectivity index (χ1) is 11.1. The van der Waals surface area contributed by atoms with Gasteiger partial charge in [-0.05, 0) is 6.42 Å². The van der Waals surface area contributed by atoms with Crippen molar-refractivity contribution < 1.29 is 26.6 Å². The zero-order chi connectivity index (χ0) is 17.8. The average molecular weight is 369 g/mol. The summed E-state index contributed by atoms with van der Waals surface area (Å²) in [5, 5.41) is -0.138. The predicted octanol–water partition coefficient (Wildman–Crippen LogP) is 3.40. The molecule has 0 saturated carbocycles. The monoisotopic (exact) mass is 368 g/mol. The summed E-state index contributed by atoms with van der Waals surface area (Å²) >= 11 is 0. The van der Waals surface area contributed by atoms with Crippen molar-refractivity contribution in [3.8, 4) is 0 Å². The van der Waals surface area contributed by atoms with Crippen LogP contribution in [0.1, 0.15) is 51.9 Å². The molecule has 0 amide bonds. The van der Waals surface area contributed by atoms with Crippen LogP contribution in [0, 0.1) is 0 Å². The van der Waals surface area contributed by atoms with Crippen molar-refractivity contribution in [3.05, 3.63) is 0 Å². The summed E-state index contributed by atoms with van der Waals surface area (Å²) in [4.78, 5) is 0. The smallest absolute Gasteiger partial charge is 0.377 e. The second kappa shape index (κ2) is 12.5. The van der Waals surface area contributed by atoms with Gasteiger partial charge in [-0.1, -0.05) is 45.4 Å². The van der Waals surface area contributed by atoms with Crippen molar-refractivity contribution in [3.63, 3.8) is 0 Å². The van der Waals surface area contributed by atoms with Gasteiger partial charge in [-0.25, -0.2) is 0 Å². The third-order valence-electron chi connectivity index (χ3n) is 4.41. The largest absolute Gasteiger partial charge is 0.507 e. The third kappa shape index (κ3) is 6.20. The van der Waals surface area contributed by atoms with Gasteiger partial charge < -0.3 is 26.6 Å². The third-order valence-corrected chi connectivity index (χ3v) is 12.2. The molecule has 0 radical (unpaired) electrons. The van der Waals surface area contributed by atoms with Gasteiger partial charge in [0.05, 0.1) is 5.16 Å². The quantitative estimate of drug-likeness (QED) is 0.326. The van der Waals surface area contributed by atoms with E-state index < -0.39 is 17.6 Å². The molecular formula is C15H36O6Si2. The summed E-state index contributed by atoms with van der Waals surface area (Å²) < 4.78 is 34.2. The van der Waals surface area contributed by atoms with Crippen molar-refractivity contribution in [2.24, 2.45) is 0 Å². The van der Waals surface area contributed by atoms with Crippen LogP contribution in [0.25, 0.3) is 0 Å². The topological polar surface area (TPSA) is 55.4 Å². The fraction of sp³-hybridized carbons (Fsp3) is 1.00. The van der Waals surface area contributed by atoms with E-state index >= 15 is 0 Å². The first-order valence-electron chi connectivity index (χ1n) is 8.37. The van der Waals surface area contributed by atoms with Crippen molar-refractivity contribution in [1.29, 1.82) is 0 Å². The molecule has 0 atom stereocenters. The molecule has 23 heavy (non-hydrogen) atoms. The minimum Gasteiger partial charge on any atom is -0.377 e. The van der Waals surface area contributed by atoms with Crippen molar-refractivity contribution >= 4 is 17.6 Å². The Hall–Kier alpha value is 0.194. The number of hydrogen-bond donors (Lipinski definition) is 0. The molecule has 0 aromatic carbocycles. The Kier molecular flexibility index (Phi) is 12.6. The summed E-state index contributed by atoms with van der Waals surface area (Å²) in [6, 6.07) is 0. The minimum absolute atomic E-state index is 0.138. The maximum absolute atomic E-state index is 5.69. The molecule has 0 fully saturated rings. The summed E-state index contributed by atoms with van der Waals surface area (Å²) in [7, 11) is 3.84. The highest BCUT2D eigenvalue weighted by molar-refractivity contribution is 6.82. The van der Waals surface area contributed by atoms with E-state index in [0.717, 1.165) is 12.8 Å². The Balaban J connectivity index is 5.07. The zero-order valence-corrected chi connectivity index (χ0v) is 18.0. The molecule has 0 aliphatic rings. The molecular weight excluding hydrogens is 332 g/mol. The highest BCUT2D eigenvalue weighted by Crippen LogP contribution is 2.39. The van der Waals surface area contributed by atoms with Gasteiger partial charge in [0.2, 0.25) is 0 Å². The summed E-state index contributed by atoms with van der Waals surface area (Å²) in [5.74, 6) is 0. The number of unbranched alkanes of at least 4 members (excludes halogenated alkanes) is 5. The maximum Gasteiger partial charge on any atom is 0.507 e. The average Bonchev–Trinajstić information content (AvgIpc) is 2.61. The lowest BCUT2D eigenvalue weighted by Gasteiger charge is -2.39. The van der Waals surface area contributed by atoms with E-state index in [9.17, 15) is 0 Å². The summed E-state index contributed by atoms with van der Waals surface area (Å²) in [6.07, 6.45) is 8.12. The van der Waals surface area contributed by atoms with E-state index in [2.05, 4.69) is 6.92 Å². The van der Waals surface area contributed by atoms with Gasteiger partial charge >= 0.3 is 17.6 Å². The Morgan fingerprint density at radius 1 is 0.565 bits per heavy atom. The molecule has 0 unspecified atom stereocenters. The SMILES string of the molecule is CCCCCCCCC([Si](OC)(OC)OC)[Si](OC)(OC)OC. The fourth-order valence-corrected chi connectivity index (χ4v) is 10.7. The predicted molar refractivity (Wildman–Crippen MR) is 95.3 cm³/mol. The number of rotatable bonds is 15. The first kappa shape index (κ1) is 23.2. The van der Waals surface area contributed by atoms with Crippen LogP contribution >= 0.6 is 0 Å². The van der Waals surface area contributed by atoms with Gasteiger partial charge in [-0.3, -0.25) is 0 Å². The van der Waals surface area contributed by atoms with Crippen LogP contribution in [0.3, 0.4) is 0 Å². The Bertz CT molecular complexity index is 249. The van der Waals surface area contributed by atoms with Crippen LogP contribution in [0.15, 0.2) is 0 Å². The fourth-order valence-electron chi connectivity index (χ4n) is 3.05. The van der Waals surface area contributed by atoms with E-state index in [1.165, 1.54) is 32.1 Å². The van der Waals surface area contributed by atoms with Crippen LogP contribution in [0.2, 0.25) is 5.16 Å². The van der Waals surface area contributed by atoms with E-state index in [4.69, 9.17) is 26.6 Å². The maximum atomic E-state index is 5.69. The first-order valence-corrected chi connectivity index (χ1v) is 12.0. The normalized spacial score (nSPS) is 13.0. The molecule has 140 valence electrons. The van der Waals surface area contributed by atoms with E-state index in [1.54, 1.807) is 42.7 Å². The van der Waals surface area contributed by atoms with Gasteiger partial charge in [0.1, 0.15) is 0 Å². The highest BCUT2D eigenvalue weighted by atomic mass is 28.5. The Labute approximate surface area is 144 Å². The molecule has 8 heteroatoms. The molecule has 6 nitrogen and oxygen atoms in total. The lowest BCUT2D eigenvalue weighted by molar-refractivity contribution is 0.0778. The molecule has 0 aromatic rings. The molecule has 0 heterocycles. The van der Waals surface area contributed by atoms with Crippen molar-refractivity contribution in [1.82, 2.24) is 0 Å². The van der Waals surface area contributed by atoms with Crippen LogP contribution in [0.4, 0.5) is 0 Å². The van der Waals surface area contributed by atoms with Crippen LogP contribution < -0.4 is 0 Å². The van der Waals surface area contributed by atoms with Crippen LogP contribution in [0.5, 0.6) is 0 Å². The van der Waals surface area contributed by atoms with Gasteiger partial charge in [0.25, 0.3) is 0 Å². The second-order valence-corrected chi connectivity index (χ2v) is 12.4. The minimum atomic E-state index is -2.93. The van der Waals surface area contributed by atoms with Gasteiger partial charge in [-0.2, -0.15) is 0 Å². The molecule has 0 spiro atoms. The van der Waals surface area contributed by atoms with E-state index in [1.807, 2.05) is 0 Å². The van der Waals surface area contributed by atoms with Gasteiger partial charge in [-0.15, -0.1) is 0 Å². The molecule has 0 aliphatic carbocycles. The standard InChI is InChI=1S/C15H36O6Si2/c1-8-9-10-11-12-13-14-15(22(16-2,17-3)18-4)23(19-5,20-6)21-7/h15H,8-14H2,1-7H3. The molecule has 0 aliphatic heterocycles. The van der Waals surface area contributed by atoms with E-state index in [-0.39, 0.29) is 5.16 Å². The highest BCUT2D eigenvalue weighted by Gasteiger charge is 2.63. The van der Waals surface area contributed by atoms with Gasteiger partial charge in [0, 0.05) is 42.7 Å². The molecule has 0 bridgehead atoms. The molecule has 0 N–H and O–H groups in total. The summed E-state index contributed by atoms with van der Waals surface area (Å²) in [5.41, 5.74) is 0.